The van der Waals surface area contributed by atoms with Crippen molar-refractivity contribution in [2.24, 2.45) is 0 Å². The topological polar surface area (TPSA) is 29.5 Å². The molecule has 1 aromatic rings. The fourth-order valence-electron chi connectivity index (χ4n) is 1.91. The molecule has 1 heterocycles. The van der Waals surface area contributed by atoms with Crippen molar-refractivity contribution < 1.29 is 9.84 Å². The van der Waals surface area contributed by atoms with Crippen LogP contribution in [0.1, 0.15) is 43.4 Å². The zero-order valence-corrected chi connectivity index (χ0v) is 10.5. The molecule has 15 heavy (non-hydrogen) atoms. The highest BCUT2D eigenvalue weighted by Crippen LogP contribution is 2.40. The molecule has 0 saturated heterocycles. The summed E-state index contributed by atoms with van der Waals surface area (Å²) in [6.45, 7) is 4.87. The number of aliphatic hydroxyl groups is 1. The largest absolute Gasteiger partial charge is 0.493 e. The molecule has 0 bridgehead atoms. The van der Waals surface area contributed by atoms with E-state index >= 15 is 0 Å². The summed E-state index contributed by atoms with van der Waals surface area (Å²) in [4.78, 5) is 0. The van der Waals surface area contributed by atoms with Gasteiger partial charge in [-0.25, -0.2) is 0 Å². The predicted octanol–water partition coefficient (Wildman–Crippen LogP) is 3.39. The van der Waals surface area contributed by atoms with E-state index < -0.39 is 0 Å². The van der Waals surface area contributed by atoms with Crippen LogP contribution in [0.5, 0.6) is 5.75 Å². The molecule has 0 aliphatic carbocycles. The number of benzene rings is 1. The van der Waals surface area contributed by atoms with Gasteiger partial charge in [-0.2, -0.15) is 0 Å². The maximum atomic E-state index is 9.89. The molecule has 1 atom stereocenters. The zero-order valence-electron chi connectivity index (χ0n) is 8.96. The lowest BCUT2D eigenvalue weighted by Gasteiger charge is -2.26. The first-order chi connectivity index (χ1) is 7.09. The Morgan fingerprint density at radius 3 is 2.87 bits per heavy atom. The molecule has 2 rings (SSSR count). The molecule has 3 heteroatoms. The average Bonchev–Trinajstić information content (AvgIpc) is 2.18. The summed E-state index contributed by atoms with van der Waals surface area (Å²) >= 11 is 3.47. The van der Waals surface area contributed by atoms with Crippen LogP contribution in [-0.2, 0) is 0 Å². The second kappa shape index (κ2) is 4.14. The third-order valence-corrected chi connectivity index (χ3v) is 3.19. The van der Waals surface area contributed by atoms with Crippen LogP contribution in [0.3, 0.4) is 0 Å². The van der Waals surface area contributed by atoms with E-state index in [0.29, 0.717) is 18.9 Å². The minimum absolute atomic E-state index is 0.385. The summed E-state index contributed by atoms with van der Waals surface area (Å²) in [7, 11) is 0. The highest BCUT2D eigenvalue weighted by Gasteiger charge is 2.23. The molecule has 0 unspecified atom stereocenters. The number of halogens is 1. The van der Waals surface area contributed by atoms with Gasteiger partial charge in [-0.05, 0) is 23.6 Å². The van der Waals surface area contributed by atoms with Gasteiger partial charge in [0.1, 0.15) is 5.75 Å². The summed E-state index contributed by atoms with van der Waals surface area (Å²) in [6, 6.07) is 4.02. The van der Waals surface area contributed by atoms with E-state index in [9.17, 15) is 5.11 Å². The summed E-state index contributed by atoms with van der Waals surface area (Å²) < 4.78 is 6.67. The summed E-state index contributed by atoms with van der Waals surface area (Å²) in [5.41, 5.74) is 2.08. The quantitative estimate of drug-likeness (QED) is 0.848. The Balaban J connectivity index is 2.57. The van der Waals surface area contributed by atoms with Crippen molar-refractivity contribution in [1.29, 1.82) is 0 Å². The second-order valence-corrected chi connectivity index (χ2v) is 5.14. The first-order valence-corrected chi connectivity index (χ1v) is 6.03. The van der Waals surface area contributed by atoms with Crippen LogP contribution >= 0.6 is 15.9 Å². The smallest absolute Gasteiger partial charge is 0.128 e. The molecular formula is C12H15BrO2. The van der Waals surface area contributed by atoms with Crippen molar-refractivity contribution in [2.45, 2.75) is 32.3 Å². The lowest BCUT2D eigenvalue weighted by molar-refractivity contribution is 0.114. The van der Waals surface area contributed by atoms with Gasteiger partial charge < -0.3 is 9.84 Å². The molecule has 1 N–H and O–H groups in total. The molecule has 82 valence electrons. The minimum Gasteiger partial charge on any atom is -0.493 e. The van der Waals surface area contributed by atoms with E-state index in [4.69, 9.17) is 4.74 Å². The monoisotopic (exact) mass is 270 g/mol. The number of hydrogen-bond acceptors (Lipinski definition) is 2. The van der Waals surface area contributed by atoms with Crippen LogP contribution in [0.15, 0.2) is 16.6 Å². The molecule has 0 aromatic heterocycles. The number of hydrogen-bond donors (Lipinski definition) is 1. The average molecular weight is 271 g/mol. The van der Waals surface area contributed by atoms with E-state index in [1.54, 1.807) is 0 Å². The van der Waals surface area contributed by atoms with Gasteiger partial charge in [0.25, 0.3) is 0 Å². The van der Waals surface area contributed by atoms with Gasteiger partial charge >= 0.3 is 0 Å². The molecule has 1 aliphatic heterocycles. The SMILES string of the molecule is CC(C)c1cc(Br)cc2c1OCC[C@@H]2O. The first kappa shape index (κ1) is 11.0. The third kappa shape index (κ3) is 2.04. The Morgan fingerprint density at radius 2 is 2.20 bits per heavy atom. The molecular weight excluding hydrogens is 256 g/mol. The fourth-order valence-corrected chi connectivity index (χ4v) is 2.40. The molecule has 0 saturated carbocycles. The van der Waals surface area contributed by atoms with E-state index in [-0.39, 0.29) is 6.10 Å². The van der Waals surface area contributed by atoms with Crippen molar-refractivity contribution >= 4 is 15.9 Å². The van der Waals surface area contributed by atoms with E-state index in [1.807, 2.05) is 6.07 Å². The van der Waals surface area contributed by atoms with Gasteiger partial charge in [0, 0.05) is 16.5 Å². The van der Waals surface area contributed by atoms with Crippen molar-refractivity contribution in [3.63, 3.8) is 0 Å². The molecule has 0 radical (unpaired) electrons. The highest BCUT2D eigenvalue weighted by molar-refractivity contribution is 9.10. The van der Waals surface area contributed by atoms with Crippen LogP contribution in [0, 0.1) is 0 Å². The fraction of sp³-hybridized carbons (Fsp3) is 0.500. The first-order valence-electron chi connectivity index (χ1n) is 5.23. The van der Waals surface area contributed by atoms with Crippen molar-refractivity contribution in [2.75, 3.05) is 6.61 Å². The van der Waals surface area contributed by atoms with Gasteiger partial charge in [-0.15, -0.1) is 0 Å². The van der Waals surface area contributed by atoms with E-state index in [1.165, 1.54) is 0 Å². The Morgan fingerprint density at radius 1 is 1.47 bits per heavy atom. The van der Waals surface area contributed by atoms with Crippen LogP contribution < -0.4 is 4.74 Å². The van der Waals surface area contributed by atoms with Crippen molar-refractivity contribution in [3.8, 4) is 5.75 Å². The highest BCUT2D eigenvalue weighted by atomic mass is 79.9. The summed E-state index contributed by atoms with van der Waals surface area (Å²) in [6.07, 6.45) is 0.296. The van der Waals surface area contributed by atoms with Crippen molar-refractivity contribution in [3.05, 3.63) is 27.7 Å². The Hall–Kier alpha value is -0.540. The molecule has 2 nitrogen and oxygen atoms in total. The van der Waals surface area contributed by atoms with Gasteiger partial charge in [-0.1, -0.05) is 29.8 Å². The van der Waals surface area contributed by atoms with Crippen molar-refractivity contribution in [1.82, 2.24) is 0 Å². The molecule has 1 aliphatic rings. The van der Waals surface area contributed by atoms with Gasteiger partial charge in [-0.3, -0.25) is 0 Å². The Bertz CT molecular complexity index is 357. The maximum Gasteiger partial charge on any atom is 0.128 e. The van der Waals surface area contributed by atoms with Gasteiger partial charge in [0.15, 0.2) is 0 Å². The normalized spacial score (nSPS) is 19.9. The maximum absolute atomic E-state index is 9.89. The van der Waals surface area contributed by atoms with Crippen LogP contribution in [0.25, 0.3) is 0 Å². The zero-order chi connectivity index (χ0) is 11.0. The molecule has 0 spiro atoms. The van der Waals surface area contributed by atoms with E-state index in [2.05, 4.69) is 35.8 Å². The standard InChI is InChI=1S/C12H15BrO2/c1-7(2)9-5-8(13)6-10-11(14)3-4-15-12(9)10/h5-7,11,14H,3-4H2,1-2H3/t11-/m0/s1. The van der Waals surface area contributed by atoms with Gasteiger partial charge in [0.2, 0.25) is 0 Å². The predicted molar refractivity (Wildman–Crippen MR) is 63.3 cm³/mol. The van der Waals surface area contributed by atoms with E-state index in [0.717, 1.165) is 21.3 Å². The Labute approximate surface area is 98.4 Å². The summed E-state index contributed by atoms with van der Waals surface area (Å²) in [5.74, 6) is 1.29. The van der Waals surface area contributed by atoms with Crippen LogP contribution in [0.2, 0.25) is 0 Å². The van der Waals surface area contributed by atoms with Crippen LogP contribution in [0.4, 0.5) is 0 Å². The second-order valence-electron chi connectivity index (χ2n) is 4.22. The number of ether oxygens (including phenoxy) is 1. The summed E-state index contributed by atoms with van der Waals surface area (Å²) in [5, 5.41) is 9.89. The molecule has 0 fully saturated rings. The molecule has 0 amide bonds. The number of rotatable bonds is 1. The van der Waals surface area contributed by atoms with Gasteiger partial charge in [0.05, 0.1) is 12.7 Å². The number of aliphatic hydroxyl groups excluding tert-OH is 1. The molecule has 1 aromatic carbocycles. The minimum atomic E-state index is -0.385. The Kier molecular flexibility index (Phi) is 3.03. The van der Waals surface area contributed by atoms with Crippen LogP contribution in [-0.4, -0.2) is 11.7 Å². The third-order valence-electron chi connectivity index (χ3n) is 2.73. The number of fused-ring (bicyclic) bond motifs is 1. The lowest BCUT2D eigenvalue weighted by Crippen LogP contribution is -2.15. The lowest BCUT2D eigenvalue weighted by atomic mass is 9.94.